The summed E-state index contributed by atoms with van der Waals surface area (Å²) in [6.45, 7) is 5.94. The third-order valence-corrected chi connectivity index (χ3v) is 6.56. The Morgan fingerprint density at radius 2 is 1.90 bits per heavy atom. The topological polar surface area (TPSA) is 102 Å². The van der Waals surface area contributed by atoms with Crippen LogP contribution in [0.4, 0.5) is 5.69 Å². The zero-order chi connectivity index (χ0) is 21.2. The number of sulfonamides is 1. The molecule has 0 fully saturated rings. The highest BCUT2D eigenvalue weighted by Crippen LogP contribution is 2.26. The molecule has 0 radical (unpaired) electrons. The van der Waals surface area contributed by atoms with E-state index in [0.717, 1.165) is 0 Å². The number of hydrogen-bond donors (Lipinski definition) is 1. The largest absolute Gasteiger partial charge is 0.496 e. The molecule has 0 atom stereocenters. The SMILES string of the molecule is CCN(CC)S(=O)(=O)c1ccc(OC)c(C(=O)Nc2ccc3oc(C)nc3c2)c1. The maximum Gasteiger partial charge on any atom is 0.259 e. The van der Waals surface area contributed by atoms with Crippen molar-refractivity contribution >= 4 is 32.7 Å². The maximum absolute atomic E-state index is 12.9. The summed E-state index contributed by atoms with van der Waals surface area (Å²) in [5, 5.41) is 2.76. The molecule has 0 aliphatic rings. The van der Waals surface area contributed by atoms with Crippen LogP contribution in [0.3, 0.4) is 0 Å². The third kappa shape index (κ3) is 4.10. The molecule has 0 unspecified atom stereocenters. The number of carbonyl (C=O) groups is 1. The van der Waals surface area contributed by atoms with Gasteiger partial charge in [-0.2, -0.15) is 4.31 Å². The molecule has 1 heterocycles. The molecule has 2 aromatic carbocycles. The predicted octanol–water partition coefficient (Wildman–Crippen LogP) is 3.43. The zero-order valence-corrected chi connectivity index (χ0v) is 17.5. The number of amides is 1. The smallest absolute Gasteiger partial charge is 0.259 e. The van der Waals surface area contributed by atoms with E-state index in [1.165, 1.54) is 29.6 Å². The number of anilines is 1. The van der Waals surface area contributed by atoms with Gasteiger partial charge in [-0.15, -0.1) is 0 Å². The Balaban J connectivity index is 1.96. The summed E-state index contributed by atoms with van der Waals surface area (Å²) in [6, 6.07) is 9.34. The van der Waals surface area contributed by atoms with Crippen LogP contribution in [0.25, 0.3) is 11.1 Å². The number of ether oxygens (including phenoxy) is 1. The normalized spacial score (nSPS) is 11.8. The fraction of sp³-hybridized carbons (Fsp3) is 0.300. The van der Waals surface area contributed by atoms with Crippen molar-refractivity contribution in [3.05, 3.63) is 47.9 Å². The summed E-state index contributed by atoms with van der Waals surface area (Å²) in [5.41, 5.74) is 1.86. The molecule has 8 nitrogen and oxygen atoms in total. The molecule has 0 saturated carbocycles. The molecular formula is C20H23N3O5S. The summed E-state index contributed by atoms with van der Waals surface area (Å²) in [5.74, 6) is 0.317. The van der Waals surface area contributed by atoms with Gasteiger partial charge in [-0.3, -0.25) is 4.79 Å². The van der Waals surface area contributed by atoms with E-state index in [2.05, 4.69) is 10.3 Å². The lowest BCUT2D eigenvalue weighted by Crippen LogP contribution is -2.30. The van der Waals surface area contributed by atoms with E-state index in [-0.39, 0.29) is 16.2 Å². The second-order valence-corrected chi connectivity index (χ2v) is 8.26. The van der Waals surface area contributed by atoms with E-state index in [1.807, 2.05) is 0 Å². The van der Waals surface area contributed by atoms with E-state index in [4.69, 9.17) is 9.15 Å². The minimum absolute atomic E-state index is 0.0368. The van der Waals surface area contributed by atoms with Gasteiger partial charge >= 0.3 is 0 Å². The van der Waals surface area contributed by atoms with Crippen molar-refractivity contribution in [3.8, 4) is 5.75 Å². The zero-order valence-electron chi connectivity index (χ0n) is 16.7. The van der Waals surface area contributed by atoms with Gasteiger partial charge < -0.3 is 14.5 Å². The van der Waals surface area contributed by atoms with Crippen molar-refractivity contribution in [2.45, 2.75) is 25.7 Å². The average Bonchev–Trinajstić information content (AvgIpc) is 3.07. The lowest BCUT2D eigenvalue weighted by Gasteiger charge is -2.19. The van der Waals surface area contributed by atoms with Crippen LogP contribution in [0.15, 0.2) is 45.7 Å². The number of carbonyl (C=O) groups excluding carboxylic acids is 1. The number of nitrogens with zero attached hydrogens (tertiary/aromatic N) is 2. The molecule has 1 N–H and O–H groups in total. The van der Waals surface area contributed by atoms with E-state index < -0.39 is 15.9 Å². The third-order valence-electron chi connectivity index (χ3n) is 4.51. The van der Waals surface area contributed by atoms with Gasteiger partial charge in [0.15, 0.2) is 11.5 Å². The molecule has 3 rings (SSSR count). The van der Waals surface area contributed by atoms with Crippen LogP contribution in [0, 0.1) is 6.92 Å². The second-order valence-electron chi connectivity index (χ2n) is 6.32. The van der Waals surface area contributed by atoms with Gasteiger partial charge in [0.1, 0.15) is 11.3 Å². The van der Waals surface area contributed by atoms with E-state index in [9.17, 15) is 13.2 Å². The molecule has 1 amide bonds. The fourth-order valence-corrected chi connectivity index (χ4v) is 4.54. The fourth-order valence-electron chi connectivity index (χ4n) is 3.06. The summed E-state index contributed by atoms with van der Waals surface area (Å²) in [4.78, 5) is 17.2. The molecule has 29 heavy (non-hydrogen) atoms. The lowest BCUT2D eigenvalue weighted by molar-refractivity contribution is 0.102. The van der Waals surface area contributed by atoms with E-state index in [0.29, 0.717) is 35.8 Å². The predicted molar refractivity (Wildman–Crippen MR) is 110 cm³/mol. The Bertz CT molecular complexity index is 1150. The Hall–Kier alpha value is -2.91. The van der Waals surface area contributed by atoms with Crippen molar-refractivity contribution in [3.63, 3.8) is 0 Å². The number of benzene rings is 2. The number of methoxy groups -OCH3 is 1. The molecule has 0 bridgehead atoms. The van der Waals surface area contributed by atoms with Crippen molar-refractivity contribution in [1.82, 2.24) is 9.29 Å². The molecule has 0 aliphatic carbocycles. The van der Waals surface area contributed by atoms with Gasteiger partial charge in [-0.25, -0.2) is 13.4 Å². The first-order valence-corrected chi connectivity index (χ1v) is 10.6. The van der Waals surface area contributed by atoms with Crippen LogP contribution < -0.4 is 10.1 Å². The monoisotopic (exact) mass is 417 g/mol. The molecule has 0 aliphatic heterocycles. The minimum Gasteiger partial charge on any atom is -0.496 e. The highest BCUT2D eigenvalue weighted by molar-refractivity contribution is 7.89. The number of hydrogen-bond acceptors (Lipinski definition) is 6. The van der Waals surface area contributed by atoms with Gasteiger partial charge in [0.05, 0.1) is 17.6 Å². The number of rotatable bonds is 7. The van der Waals surface area contributed by atoms with Crippen LogP contribution in [-0.2, 0) is 10.0 Å². The highest BCUT2D eigenvalue weighted by atomic mass is 32.2. The molecule has 9 heteroatoms. The Morgan fingerprint density at radius 3 is 2.55 bits per heavy atom. The van der Waals surface area contributed by atoms with Crippen LogP contribution in [-0.4, -0.2) is 43.8 Å². The number of aromatic nitrogens is 1. The molecule has 0 saturated heterocycles. The first kappa shape index (κ1) is 20.8. The van der Waals surface area contributed by atoms with Gasteiger partial charge in [-0.1, -0.05) is 13.8 Å². The average molecular weight is 417 g/mol. The van der Waals surface area contributed by atoms with Crippen molar-refractivity contribution in [2.24, 2.45) is 0 Å². The Morgan fingerprint density at radius 1 is 1.17 bits per heavy atom. The van der Waals surface area contributed by atoms with Crippen LogP contribution in [0.2, 0.25) is 0 Å². The molecular weight excluding hydrogens is 394 g/mol. The highest BCUT2D eigenvalue weighted by Gasteiger charge is 2.24. The molecule has 3 aromatic rings. The van der Waals surface area contributed by atoms with Crippen LogP contribution >= 0.6 is 0 Å². The first-order valence-electron chi connectivity index (χ1n) is 9.16. The van der Waals surface area contributed by atoms with E-state index in [1.54, 1.807) is 39.0 Å². The van der Waals surface area contributed by atoms with Crippen molar-refractivity contribution < 1.29 is 22.4 Å². The van der Waals surface area contributed by atoms with Gasteiger partial charge in [0.25, 0.3) is 5.91 Å². The lowest BCUT2D eigenvalue weighted by atomic mass is 10.1. The Kier molecular flexibility index (Phi) is 5.90. The van der Waals surface area contributed by atoms with Crippen molar-refractivity contribution in [2.75, 3.05) is 25.5 Å². The van der Waals surface area contributed by atoms with E-state index >= 15 is 0 Å². The number of aryl methyl sites for hydroxylation is 1. The Labute approximate surface area is 169 Å². The summed E-state index contributed by atoms with van der Waals surface area (Å²) in [6.07, 6.45) is 0. The summed E-state index contributed by atoms with van der Waals surface area (Å²) < 4.78 is 37.6. The van der Waals surface area contributed by atoms with Crippen LogP contribution in [0.5, 0.6) is 5.75 Å². The van der Waals surface area contributed by atoms with Gasteiger partial charge in [-0.05, 0) is 36.4 Å². The number of oxazole rings is 1. The van der Waals surface area contributed by atoms with Crippen LogP contribution in [0.1, 0.15) is 30.1 Å². The number of nitrogens with one attached hydrogen (secondary N) is 1. The first-order chi connectivity index (χ1) is 13.8. The summed E-state index contributed by atoms with van der Waals surface area (Å²) >= 11 is 0. The van der Waals surface area contributed by atoms with Gasteiger partial charge in [0.2, 0.25) is 10.0 Å². The summed E-state index contributed by atoms with van der Waals surface area (Å²) in [7, 11) is -2.28. The number of fused-ring (bicyclic) bond motifs is 1. The minimum atomic E-state index is -3.71. The molecule has 154 valence electrons. The molecule has 0 spiro atoms. The van der Waals surface area contributed by atoms with Crippen molar-refractivity contribution in [1.29, 1.82) is 0 Å². The quantitative estimate of drug-likeness (QED) is 0.632. The molecule has 1 aromatic heterocycles. The second kappa shape index (κ2) is 8.22. The maximum atomic E-state index is 12.9. The van der Waals surface area contributed by atoms with Gasteiger partial charge in [0, 0.05) is 25.7 Å². The standard InChI is InChI=1S/C20H23N3O5S/c1-5-23(6-2)29(25,26)15-8-10-18(27-4)16(12-15)20(24)22-14-7-9-19-17(11-14)21-13(3)28-19/h7-12H,5-6H2,1-4H3,(H,22,24).